The molecular formula is C19H21ClN2O5S2. The first-order valence-electron chi connectivity index (χ1n) is 8.84. The molecule has 0 atom stereocenters. The molecular weight excluding hydrogens is 436 g/mol. The highest BCUT2D eigenvalue weighted by Gasteiger charge is 2.27. The molecule has 1 aliphatic heterocycles. The summed E-state index contributed by atoms with van der Waals surface area (Å²) >= 11 is 7.52. The average molecular weight is 457 g/mol. The zero-order valence-corrected chi connectivity index (χ0v) is 18.1. The predicted molar refractivity (Wildman–Crippen MR) is 113 cm³/mol. The highest BCUT2D eigenvalue weighted by molar-refractivity contribution is 8.00. The zero-order valence-electron chi connectivity index (χ0n) is 15.8. The van der Waals surface area contributed by atoms with Gasteiger partial charge in [-0.2, -0.15) is 4.31 Å². The normalized spacial score (nSPS) is 15.1. The number of morpholine rings is 1. The summed E-state index contributed by atoms with van der Waals surface area (Å²) in [6.07, 6.45) is 0. The summed E-state index contributed by atoms with van der Waals surface area (Å²) in [5.41, 5.74) is 0.265. The summed E-state index contributed by atoms with van der Waals surface area (Å²) < 4.78 is 37.3. The van der Waals surface area contributed by atoms with E-state index in [4.69, 9.17) is 21.1 Å². The first-order valence-corrected chi connectivity index (χ1v) is 11.6. The Balaban J connectivity index is 1.66. The third-order valence-corrected chi connectivity index (χ3v) is 7.49. The lowest BCUT2D eigenvalue weighted by Gasteiger charge is -2.26. The minimum atomic E-state index is -3.67. The van der Waals surface area contributed by atoms with Gasteiger partial charge in [-0.1, -0.05) is 11.6 Å². The fourth-order valence-corrected chi connectivity index (χ4v) is 5.00. The number of methoxy groups -OCH3 is 1. The third kappa shape index (κ3) is 5.64. The number of nitrogens with zero attached hydrogens (tertiary/aromatic N) is 1. The molecule has 2 aromatic rings. The van der Waals surface area contributed by atoms with Crippen LogP contribution < -0.4 is 10.1 Å². The summed E-state index contributed by atoms with van der Waals surface area (Å²) in [6.45, 7) is 1.31. The van der Waals surface area contributed by atoms with Crippen LogP contribution in [-0.4, -0.2) is 57.8 Å². The second kappa shape index (κ2) is 9.82. The van der Waals surface area contributed by atoms with Crippen molar-refractivity contribution in [2.75, 3.05) is 44.5 Å². The SMILES string of the molecule is COc1ccc(SCC(=O)Nc2cc(S(=O)(=O)N3CCOCC3)ccc2Cl)cc1. The fourth-order valence-electron chi connectivity index (χ4n) is 2.70. The van der Waals surface area contributed by atoms with E-state index < -0.39 is 10.0 Å². The number of carbonyl (C=O) groups is 1. The molecule has 10 heteroatoms. The highest BCUT2D eigenvalue weighted by atomic mass is 35.5. The van der Waals surface area contributed by atoms with Crippen molar-refractivity contribution in [2.24, 2.45) is 0 Å². The smallest absolute Gasteiger partial charge is 0.243 e. The number of rotatable bonds is 7. The molecule has 0 aliphatic carbocycles. The van der Waals surface area contributed by atoms with Crippen molar-refractivity contribution in [1.29, 1.82) is 0 Å². The maximum atomic E-state index is 12.8. The maximum Gasteiger partial charge on any atom is 0.243 e. The number of amides is 1. The Morgan fingerprint density at radius 3 is 2.55 bits per heavy atom. The van der Waals surface area contributed by atoms with Gasteiger partial charge in [-0.15, -0.1) is 11.8 Å². The topological polar surface area (TPSA) is 84.9 Å². The lowest BCUT2D eigenvalue weighted by atomic mass is 10.3. The van der Waals surface area contributed by atoms with E-state index in [9.17, 15) is 13.2 Å². The quantitative estimate of drug-likeness (QED) is 0.644. The van der Waals surface area contributed by atoms with Gasteiger partial charge in [-0.05, 0) is 42.5 Å². The van der Waals surface area contributed by atoms with Crippen LogP contribution in [0.5, 0.6) is 5.75 Å². The van der Waals surface area contributed by atoms with E-state index in [0.29, 0.717) is 26.3 Å². The van der Waals surface area contributed by atoms with E-state index in [1.54, 1.807) is 7.11 Å². The monoisotopic (exact) mass is 456 g/mol. The first kappa shape index (κ1) is 21.9. The lowest BCUT2D eigenvalue weighted by molar-refractivity contribution is -0.113. The van der Waals surface area contributed by atoms with E-state index in [1.807, 2.05) is 24.3 Å². The van der Waals surface area contributed by atoms with Gasteiger partial charge in [0, 0.05) is 18.0 Å². The predicted octanol–water partition coefficient (Wildman–Crippen LogP) is 3.10. The number of hydrogen-bond donors (Lipinski definition) is 1. The van der Waals surface area contributed by atoms with E-state index >= 15 is 0 Å². The number of nitrogens with one attached hydrogen (secondary N) is 1. The summed E-state index contributed by atoms with van der Waals surface area (Å²) in [7, 11) is -2.08. The van der Waals surface area contributed by atoms with Gasteiger partial charge in [0.2, 0.25) is 15.9 Å². The van der Waals surface area contributed by atoms with E-state index in [1.165, 1.54) is 34.3 Å². The fraction of sp³-hybridized carbons (Fsp3) is 0.316. The molecule has 1 N–H and O–H groups in total. The Morgan fingerprint density at radius 2 is 1.90 bits per heavy atom. The Labute approximate surface area is 179 Å². The van der Waals surface area contributed by atoms with E-state index in [-0.39, 0.29) is 27.3 Å². The van der Waals surface area contributed by atoms with Crippen LogP contribution in [0, 0.1) is 0 Å². The molecule has 3 rings (SSSR count). The Hall–Kier alpha value is -1.78. The molecule has 2 aromatic carbocycles. The van der Waals surface area contributed by atoms with Crippen LogP contribution >= 0.6 is 23.4 Å². The lowest BCUT2D eigenvalue weighted by Crippen LogP contribution is -2.40. The summed E-state index contributed by atoms with van der Waals surface area (Å²) in [6, 6.07) is 11.7. The number of carbonyl (C=O) groups excluding carboxylic acids is 1. The minimum absolute atomic E-state index is 0.0851. The van der Waals surface area contributed by atoms with Crippen molar-refractivity contribution in [3.63, 3.8) is 0 Å². The van der Waals surface area contributed by atoms with Crippen molar-refractivity contribution in [3.8, 4) is 5.75 Å². The average Bonchev–Trinajstić information content (AvgIpc) is 2.74. The molecule has 1 heterocycles. The zero-order chi connectivity index (χ0) is 20.9. The molecule has 0 radical (unpaired) electrons. The first-order chi connectivity index (χ1) is 13.9. The van der Waals surface area contributed by atoms with Crippen LogP contribution in [-0.2, 0) is 19.6 Å². The van der Waals surface area contributed by atoms with Gasteiger partial charge in [0.25, 0.3) is 0 Å². The van der Waals surface area contributed by atoms with E-state index in [0.717, 1.165) is 10.6 Å². The molecule has 156 valence electrons. The Bertz CT molecular complexity index is 961. The molecule has 7 nitrogen and oxygen atoms in total. The second-order valence-electron chi connectivity index (χ2n) is 6.17. The van der Waals surface area contributed by atoms with Crippen molar-refractivity contribution in [1.82, 2.24) is 4.31 Å². The van der Waals surface area contributed by atoms with Crippen molar-refractivity contribution in [3.05, 3.63) is 47.5 Å². The molecule has 1 fully saturated rings. The number of halogens is 1. The molecule has 0 aromatic heterocycles. The number of thioether (sulfide) groups is 1. The number of benzene rings is 2. The van der Waals surface area contributed by atoms with Gasteiger partial charge < -0.3 is 14.8 Å². The number of ether oxygens (including phenoxy) is 2. The van der Waals surface area contributed by atoms with E-state index in [2.05, 4.69) is 5.32 Å². The van der Waals surface area contributed by atoms with Crippen LogP contribution in [0.25, 0.3) is 0 Å². The second-order valence-corrected chi connectivity index (χ2v) is 9.56. The van der Waals surface area contributed by atoms with Crippen LogP contribution in [0.1, 0.15) is 0 Å². The molecule has 0 bridgehead atoms. The van der Waals surface area contributed by atoms with Gasteiger partial charge in [0.05, 0.1) is 41.7 Å². The molecule has 1 aliphatic rings. The Kier molecular flexibility index (Phi) is 7.42. The Morgan fingerprint density at radius 1 is 1.21 bits per heavy atom. The summed E-state index contributed by atoms with van der Waals surface area (Å²) in [5.74, 6) is 0.612. The summed E-state index contributed by atoms with van der Waals surface area (Å²) in [5, 5.41) is 2.97. The molecule has 0 unspecified atom stereocenters. The van der Waals surface area contributed by atoms with Gasteiger partial charge in [0.1, 0.15) is 5.75 Å². The maximum absolute atomic E-state index is 12.8. The third-order valence-electron chi connectivity index (χ3n) is 4.25. The molecule has 29 heavy (non-hydrogen) atoms. The van der Waals surface area contributed by atoms with Gasteiger partial charge in [0.15, 0.2) is 0 Å². The standard InChI is InChI=1S/C19H21ClN2O5S2/c1-26-14-2-4-15(5-3-14)28-13-19(23)21-18-12-16(6-7-17(18)20)29(24,25)22-8-10-27-11-9-22/h2-7,12H,8-11,13H2,1H3,(H,21,23). The number of anilines is 1. The molecule has 0 spiro atoms. The highest BCUT2D eigenvalue weighted by Crippen LogP contribution is 2.28. The minimum Gasteiger partial charge on any atom is -0.497 e. The van der Waals surface area contributed by atoms with Crippen molar-refractivity contribution < 1.29 is 22.7 Å². The van der Waals surface area contributed by atoms with Gasteiger partial charge in [-0.25, -0.2) is 8.42 Å². The van der Waals surface area contributed by atoms with Crippen LogP contribution in [0.3, 0.4) is 0 Å². The number of hydrogen-bond acceptors (Lipinski definition) is 6. The van der Waals surface area contributed by atoms with Crippen LogP contribution in [0.4, 0.5) is 5.69 Å². The summed E-state index contributed by atoms with van der Waals surface area (Å²) in [4.78, 5) is 13.3. The van der Waals surface area contributed by atoms with Crippen LogP contribution in [0.2, 0.25) is 5.02 Å². The van der Waals surface area contributed by atoms with Gasteiger partial charge >= 0.3 is 0 Å². The molecule has 1 saturated heterocycles. The molecule has 0 saturated carbocycles. The van der Waals surface area contributed by atoms with Gasteiger partial charge in [-0.3, -0.25) is 4.79 Å². The van der Waals surface area contributed by atoms with Crippen LogP contribution in [0.15, 0.2) is 52.3 Å². The molecule has 1 amide bonds. The van der Waals surface area contributed by atoms with Crippen molar-refractivity contribution in [2.45, 2.75) is 9.79 Å². The largest absolute Gasteiger partial charge is 0.497 e. The van der Waals surface area contributed by atoms with Crippen molar-refractivity contribution >= 4 is 45.0 Å². The number of sulfonamides is 1.